The Bertz CT molecular complexity index is 432. The Hall–Kier alpha value is -1.99. The van der Waals surface area contributed by atoms with E-state index in [2.05, 4.69) is 10.3 Å². The van der Waals surface area contributed by atoms with Gasteiger partial charge in [-0.25, -0.2) is 9.59 Å². The summed E-state index contributed by atoms with van der Waals surface area (Å²) in [5.74, 6) is -0.535. The first-order valence-electron chi connectivity index (χ1n) is 7.58. The molecule has 0 aromatic rings. The van der Waals surface area contributed by atoms with Gasteiger partial charge in [0.25, 0.3) is 0 Å². The summed E-state index contributed by atoms with van der Waals surface area (Å²) >= 11 is 0. The molecule has 0 radical (unpaired) electrons. The Labute approximate surface area is 138 Å². The van der Waals surface area contributed by atoms with E-state index < -0.39 is 29.3 Å². The number of guanidine groups is 1. The number of nitrogens with one attached hydrogen (secondary N) is 1. The molecule has 0 bridgehead atoms. The predicted molar refractivity (Wildman–Crippen MR) is 88.9 cm³/mol. The molecule has 0 spiro atoms. The number of hydrogen-bond donors (Lipinski definition) is 3. The van der Waals surface area contributed by atoms with Crippen LogP contribution in [0.15, 0.2) is 4.99 Å². The van der Waals surface area contributed by atoms with Gasteiger partial charge in [0.05, 0.1) is 0 Å². The summed E-state index contributed by atoms with van der Waals surface area (Å²) in [6, 6.07) is -0.821. The molecule has 23 heavy (non-hydrogen) atoms. The molecule has 1 amide bonds. The minimum Gasteiger partial charge on any atom is -0.458 e. The van der Waals surface area contributed by atoms with Gasteiger partial charge < -0.3 is 26.3 Å². The van der Waals surface area contributed by atoms with E-state index in [0.29, 0.717) is 19.4 Å². The third kappa shape index (κ3) is 12.3. The van der Waals surface area contributed by atoms with E-state index in [0.717, 1.165) is 0 Å². The quantitative estimate of drug-likeness (QED) is 0.291. The topological polar surface area (TPSA) is 129 Å². The van der Waals surface area contributed by atoms with Crippen LogP contribution >= 0.6 is 0 Å². The number of alkyl carbamates (subject to hydrolysis) is 1. The van der Waals surface area contributed by atoms with Crippen molar-refractivity contribution in [3.8, 4) is 0 Å². The highest BCUT2D eigenvalue weighted by molar-refractivity contribution is 5.81. The second-order valence-electron chi connectivity index (χ2n) is 7.18. The molecule has 0 aromatic heterocycles. The van der Waals surface area contributed by atoms with Crippen molar-refractivity contribution in [2.75, 3.05) is 6.54 Å². The molecule has 0 saturated heterocycles. The highest BCUT2D eigenvalue weighted by Gasteiger charge is 2.28. The lowest BCUT2D eigenvalue weighted by Crippen LogP contribution is -2.46. The number of rotatable bonds is 6. The molecule has 0 heterocycles. The number of nitrogens with two attached hydrogens (primary N) is 2. The maximum absolute atomic E-state index is 12.2. The van der Waals surface area contributed by atoms with Gasteiger partial charge in [-0.05, 0) is 54.4 Å². The van der Waals surface area contributed by atoms with Crippen molar-refractivity contribution in [2.24, 2.45) is 16.5 Å². The fourth-order valence-electron chi connectivity index (χ4n) is 1.58. The first kappa shape index (κ1) is 21.0. The monoisotopic (exact) mass is 330 g/mol. The van der Waals surface area contributed by atoms with Crippen molar-refractivity contribution in [1.29, 1.82) is 0 Å². The van der Waals surface area contributed by atoms with Gasteiger partial charge in [0, 0.05) is 6.54 Å². The first-order valence-corrected chi connectivity index (χ1v) is 7.58. The van der Waals surface area contributed by atoms with Gasteiger partial charge in [-0.3, -0.25) is 4.99 Å². The van der Waals surface area contributed by atoms with Crippen molar-refractivity contribution in [3.05, 3.63) is 0 Å². The standard InChI is InChI=1S/C15H30N4O4/c1-14(2,3)22-11(20)10(8-7-9-18-12(16)17)19-13(21)23-15(4,5)6/h10H,7-9H2,1-6H3,(H,19,21)(H4,16,17,18)/t10-/m0/s1. The molecule has 0 aliphatic heterocycles. The van der Waals surface area contributed by atoms with Crippen molar-refractivity contribution < 1.29 is 19.1 Å². The fraction of sp³-hybridized carbons (Fsp3) is 0.800. The molecule has 0 aromatic carbocycles. The molecule has 5 N–H and O–H groups in total. The SMILES string of the molecule is CC(C)(C)OC(=O)N[C@@H](CCCN=C(N)N)C(=O)OC(C)(C)C. The second-order valence-corrected chi connectivity index (χ2v) is 7.18. The first-order chi connectivity index (χ1) is 10.3. The fourth-order valence-corrected chi connectivity index (χ4v) is 1.58. The molecule has 0 fully saturated rings. The van der Waals surface area contributed by atoms with Gasteiger partial charge in [0.2, 0.25) is 0 Å². The summed E-state index contributed by atoms with van der Waals surface area (Å²) in [6.45, 7) is 10.9. The smallest absolute Gasteiger partial charge is 0.408 e. The lowest BCUT2D eigenvalue weighted by atomic mass is 10.1. The molecule has 0 saturated carbocycles. The second kappa shape index (κ2) is 8.59. The van der Waals surface area contributed by atoms with Gasteiger partial charge in [0.1, 0.15) is 17.2 Å². The van der Waals surface area contributed by atoms with Crippen LogP contribution in [0.5, 0.6) is 0 Å². The molecule has 0 aliphatic carbocycles. The van der Waals surface area contributed by atoms with Crippen LogP contribution in [-0.4, -0.2) is 41.8 Å². The molecular formula is C15H30N4O4. The van der Waals surface area contributed by atoms with Crippen molar-refractivity contribution in [1.82, 2.24) is 5.32 Å². The van der Waals surface area contributed by atoms with E-state index in [4.69, 9.17) is 20.9 Å². The van der Waals surface area contributed by atoms with Crippen LogP contribution < -0.4 is 16.8 Å². The minimum absolute atomic E-state index is 0.0149. The molecular weight excluding hydrogens is 300 g/mol. The summed E-state index contributed by atoms with van der Waals surface area (Å²) in [5.41, 5.74) is 9.20. The van der Waals surface area contributed by atoms with Crippen molar-refractivity contribution >= 4 is 18.0 Å². The van der Waals surface area contributed by atoms with Crippen molar-refractivity contribution in [3.63, 3.8) is 0 Å². The number of carbonyl (C=O) groups is 2. The molecule has 8 heteroatoms. The van der Waals surface area contributed by atoms with E-state index in [-0.39, 0.29) is 5.96 Å². The van der Waals surface area contributed by atoms with Crippen LogP contribution in [-0.2, 0) is 14.3 Å². The summed E-state index contributed by atoms with van der Waals surface area (Å²) in [5, 5.41) is 2.54. The van der Waals surface area contributed by atoms with Crippen LogP contribution in [0.1, 0.15) is 54.4 Å². The van der Waals surface area contributed by atoms with Crippen LogP contribution in [0.3, 0.4) is 0 Å². The Morgan fingerprint density at radius 1 is 1.04 bits per heavy atom. The Balaban J connectivity index is 4.75. The van der Waals surface area contributed by atoms with E-state index >= 15 is 0 Å². The van der Waals surface area contributed by atoms with Gasteiger partial charge in [-0.2, -0.15) is 0 Å². The molecule has 0 aliphatic rings. The molecule has 8 nitrogen and oxygen atoms in total. The molecule has 0 rings (SSSR count). The normalized spacial score (nSPS) is 13.0. The average Bonchev–Trinajstić information content (AvgIpc) is 2.27. The third-order valence-corrected chi connectivity index (χ3v) is 2.33. The van der Waals surface area contributed by atoms with Gasteiger partial charge in [-0.15, -0.1) is 0 Å². The zero-order valence-corrected chi connectivity index (χ0v) is 14.9. The van der Waals surface area contributed by atoms with E-state index in [1.165, 1.54) is 0 Å². The van der Waals surface area contributed by atoms with Gasteiger partial charge >= 0.3 is 12.1 Å². The Kier molecular flexibility index (Phi) is 7.85. The maximum atomic E-state index is 12.2. The minimum atomic E-state index is -0.821. The highest BCUT2D eigenvalue weighted by atomic mass is 16.6. The number of aliphatic imine (C=N–C) groups is 1. The number of esters is 1. The number of nitrogens with zero attached hydrogens (tertiary/aromatic N) is 1. The van der Waals surface area contributed by atoms with Crippen LogP contribution in [0.2, 0.25) is 0 Å². The lowest BCUT2D eigenvalue weighted by Gasteiger charge is -2.26. The van der Waals surface area contributed by atoms with Crippen LogP contribution in [0, 0.1) is 0 Å². The Morgan fingerprint density at radius 3 is 2.00 bits per heavy atom. The summed E-state index contributed by atoms with van der Waals surface area (Å²) in [7, 11) is 0. The summed E-state index contributed by atoms with van der Waals surface area (Å²) in [6.07, 6.45) is 0.179. The molecule has 1 atom stereocenters. The highest BCUT2D eigenvalue weighted by Crippen LogP contribution is 2.12. The van der Waals surface area contributed by atoms with E-state index in [1.807, 2.05) is 0 Å². The van der Waals surface area contributed by atoms with E-state index in [9.17, 15) is 9.59 Å². The van der Waals surface area contributed by atoms with Crippen molar-refractivity contribution in [2.45, 2.75) is 71.6 Å². The largest absolute Gasteiger partial charge is 0.458 e. The zero-order valence-electron chi connectivity index (χ0n) is 14.9. The molecule has 134 valence electrons. The maximum Gasteiger partial charge on any atom is 0.408 e. The number of ether oxygens (including phenoxy) is 2. The number of amides is 1. The molecule has 0 unspecified atom stereocenters. The summed E-state index contributed by atoms with van der Waals surface area (Å²) < 4.78 is 10.5. The van der Waals surface area contributed by atoms with Crippen LogP contribution in [0.4, 0.5) is 4.79 Å². The number of carbonyl (C=O) groups excluding carboxylic acids is 2. The van der Waals surface area contributed by atoms with Crippen LogP contribution in [0.25, 0.3) is 0 Å². The number of hydrogen-bond acceptors (Lipinski definition) is 5. The average molecular weight is 330 g/mol. The van der Waals surface area contributed by atoms with Gasteiger partial charge in [-0.1, -0.05) is 0 Å². The summed E-state index contributed by atoms with van der Waals surface area (Å²) in [4.78, 5) is 27.9. The lowest BCUT2D eigenvalue weighted by molar-refractivity contribution is -0.157. The van der Waals surface area contributed by atoms with Gasteiger partial charge in [0.15, 0.2) is 5.96 Å². The zero-order chi connectivity index (χ0) is 18.3. The Morgan fingerprint density at radius 2 is 1.57 bits per heavy atom. The van der Waals surface area contributed by atoms with E-state index in [1.54, 1.807) is 41.5 Å². The third-order valence-electron chi connectivity index (χ3n) is 2.33. The predicted octanol–water partition coefficient (Wildman–Crippen LogP) is 1.28.